The van der Waals surface area contributed by atoms with E-state index >= 15 is 0 Å². The van der Waals surface area contributed by atoms with Gasteiger partial charge in [0.15, 0.2) is 0 Å². The summed E-state index contributed by atoms with van der Waals surface area (Å²) in [5.74, 6) is 0. The van der Waals surface area contributed by atoms with Crippen molar-refractivity contribution in [3.05, 3.63) is 145 Å². The van der Waals surface area contributed by atoms with E-state index in [1.54, 1.807) is 0 Å². The summed E-state index contributed by atoms with van der Waals surface area (Å²) < 4.78 is 0. The Bertz CT molecular complexity index is 1960. The van der Waals surface area contributed by atoms with Gasteiger partial charge in [-0.1, -0.05) is 160 Å². The first kappa shape index (κ1) is 24.4. The molecule has 0 bridgehead atoms. The van der Waals surface area contributed by atoms with Gasteiger partial charge >= 0.3 is 0 Å². The van der Waals surface area contributed by atoms with Crippen LogP contribution >= 0.6 is 0 Å². The molecule has 0 saturated carbocycles. The number of hydrogen-bond donors (Lipinski definition) is 0. The molecule has 0 saturated heterocycles. The Morgan fingerprint density at radius 2 is 0.875 bits per heavy atom. The van der Waals surface area contributed by atoms with E-state index in [1.807, 2.05) is 0 Å². The Labute approximate surface area is 236 Å². The van der Waals surface area contributed by atoms with Crippen LogP contribution < -0.4 is 0 Å². The molecule has 7 rings (SSSR count). The minimum absolute atomic E-state index is 0.125. The smallest absolute Gasteiger partial charge is 0.00201 e. The second-order valence-electron chi connectivity index (χ2n) is 11.8. The van der Waals surface area contributed by atoms with E-state index in [1.165, 1.54) is 71.3 Å². The van der Waals surface area contributed by atoms with Crippen molar-refractivity contribution >= 4 is 32.3 Å². The zero-order valence-corrected chi connectivity index (χ0v) is 23.3. The van der Waals surface area contributed by atoms with Crippen LogP contribution in [0.4, 0.5) is 0 Å². The second-order valence-corrected chi connectivity index (χ2v) is 11.8. The number of fused-ring (bicyclic) bond motifs is 3. The number of hydrogen-bond acceptors (Lipinski definition) is 0. The van der Waals surface area contributed by atoms with Crippen molar-refractivity contribution < 1.29 is 0 Å². The van der Waals surface area contributed by atoms with Gasteiger partial charge in [-0.25, -0.2) is 0 Å². The molecule has 0 amide bonds. The molecule has 0 fully saturated rings. The van der Waals surface area contributed by atoms with Gasteiger partial charge in [0.05, 0.1) is 0 Å². The van der Waals surface area contributed by atoms with Crippen LogP contribution in [-0.2, 0) is 5.41 Å². The lowest BCUT2D eigenvalue weighted by Gasteiger charge is -2.20. The first-order valence-corrected chi connectivity index (χ1v) is 14.1. The Morgan fingerprint density at radius 1 is 0.375 bits per heavy atom. The fourth-order valence-corrected chi connectivity index (χ4v) is 6.17. The molecule has 0 unspecified atom stereocenters. The summed E-state index contributed by atoms with van der Waals surface area (Å²) in [7, 11) is 0. The standard InChI is InChI=1S/C40H32/c1-40(2,3)31-15-10-14-30(26-31)27-22-24-29(25-23-27)38-34-17-6-8-19-36(34)39(37-20-9-7-18-35(37)38)33-21-11-13-28-12-4-5-16-32(28)33/h4-26H,1-3H3. The molecule has 0 aliphatic rings. The number of benzene rings is 7. The molecule has 0 aromatic heterocycles. The maximum atomic E-state index is 2.33. The normalized spacial score (nSPS) is 11.9. The molecule has 0 nitrogen and oxygen atoms in total. The van der Waals surface area contributed by atoms with E-state index in [0.29, 0.717) is 0 Å². The Balaban J connectivity index is 1.46. The first-order chi connectivity index (χ1) is 19.5. The molecule has 192 valence electrons. The van der Waals surface area contributed by atoms with Crippen molar-refractivity contribution in [1.29, 1.82) is 0 Å². The van der Waals surface area contributed by atoms with Crippen molar-refractivity contribution in [3.8, 4) is 33.4 Å². The third-order valence-electron chi connectivity index (χ3n) is 8.23. The zero-order chi connectivity index (χ0) is 27.3. The van der Waals surface area contributed by atoms with Crippen molar-refractivity contribution in [2.24, 2.45) is 0 Å². The van der Waals surface area contributed by atoms with Crippen LogP contribution in [-0.4, -0.2) is 0 Å². The first-order valence-electron chi connectivity index (χ1n) is 14.1. The molecule has 0 atom stereocenters. The van der Waals surface area contributed by atoms with Crippen molar-refractivity contribution in [1.82, 2.24) is 0 Å². The lowest BCUT2D eigenvalue weighted by molar-refractivity contribution is 0.590. The van der Waals surface area contributed by atoms with Gasteiger partial charge in [-0.05, 0) is 76.7 Å². The Kier molecular flexibility index (Phi) is 5.79. The van der Waals surface area contributed by atoms with E-state index < -0.39 is 0 Å². The molecule has 7 aromatic carbocycles. The summed E-state index contributed by atoms with van der Waals surface area (Å²) in [5, 5.41) is 7.69. The van der Waals surface area contributed by atoms with Gasteiger partial charge in [-0.3, -0.25) is 0 Å². The van der Waals surface area contributed by atoms with Gasteiger partial charge < -0.3 is 0 Å². The molecule has 40 heavy (non-hydrogen) atoms. The third-order valence-corrected chi connectivity index (χ3v) is 8.23. The predicted octanol–water partition coefficient (Wildman–Crippen LogP) is 11.4. The summed E-state index contributed by atoms with van der Waals surface area (Å²) in [6.45, 7) is 6.81. The highest BCUT2D eigenvalue weighted by molar-refractivity contribution is 6.23. The highest BCUT2D eigenvalue weighted by Crippen LogP contribution is 2.45. The van der Waals surface area contributed by atoms with E-state index in [2.05, 4.69) is 160 Å². The summed E-state index contributed by atoms with van der Waals surface area (Å²) in [5.41, 5.74) is 9.12. The molecule has 0 heterocycles. The average molecular weight is 513 g/mol. The Hall–Kier alpha value is -4.68. The SMILES string of the molecule is CC(C)(C)c1cccc(-c2ccc(-c3c4ccccc4c(-c4cccc5ccccc45)c4ccccc34)cc2)c1. The minimum atomic E-state index is 0.125. The summed E-state index contributed by atoms with van der Waals surface area (Å²) in [6, 6.07) is 51.3. The van der Waals surface area contributed by atoms with Crippen molar-refractivity contribution in [2.75, 3.05) is 0 Å². The fraction of sp³-hybridized carbons (Fsp3) is 0.100. The maximum Gasteiger partial charge on any atom is -0.00201 e. The van der Waals surface area contributed by atoms with Crippen LogP contribution in [0.25, 0.3) is 65.7 Å². The molecule has 0 radical (unpaired) electrons. The zero-order valence-electron chi connectivity index (χ0n) is 23.3. The molecule has 0 aliphatic heterocycles. The lowest BCUT2D eigenvalue weighted by Crippen LogP contribution is -2.10. The van der Waals surface area contributed by atoms with E-state index in [-0.39, 0.29) is 5.41 Å². The highest BCUT2D eigenvalue weighted by atomic mass is 14.2. The third kappa shape index (κ3) is 4.08. The van der Waals surface area contributed by atoms with Crippen LogP contribution in [0.1, 0.15) is 26.3 Å². The molecule has 0 spiro atoms. The van der Waals surface area contributed by atoms with Crippen molar-refractivity contribution in [3.63, 3.8) is 0 Å². The van der Waals surface area contributed by atoms with Crippen LogP contribution in [0.15, 0.2) is 140 Å². The average Bonchev–Trinajstić information content (AvgIpc) is 2.99. The topological polar surface area (TPSA) is 0 Å². The molecule has 0 heteroatoms. The lowest BCUT2D eigenvalue weighted by atomic mass is 9.84. The van der Waals surface area contributed by atoms with Crippen LogP contribution in [0, 0.1) is 0 Å². The summed E-state index contributed by atoms with van der Waals surface area (Å²) in [6.07, 6.45) is 0. The van der Waals surface area contributed by atoms with E-state index in [9.17, 15) is 0 Å². The quantitative estimate of drug-likeness (QED) is 0.207. The van der Waals surface area contributed by atoms with E-state index in [0.717, 1.165) is 0 Å². The van der Waals surface area contributed by atoms with Crippen LogP contribution in [0.3, 0.4) is 0 Å². The second kappa shape index (κ2) is 9.50. The fourth-order valence-electron chi connectivity index (χ4n) is 6.17. The maximum absolute atomic E-state index is 2.33. The monoisotopic (exact) mass is 512 g/mol. The molecule has 7 aromatic rings. The largest absolute Gasteiger partial charge is 0.0616 e. The van der Waals surface area contributed by atoms with Gasteiger partial charge in [0, 0.05) is 0 Å². The Morgan fingerprint density at radius 3 is 1.50 bits per heavy atom. The van der Waals surface area contributed by atoms with Gasteiger partial charge in [-0.15, -0.1) is 0 Å². The summed E-state index contributed by atoms with van der Waals surface area (Å²) in [4.78, 5) is 0. The highest BCUT2D eigenvalue weighted by Gasteiger charge is 2.18. The molecule has 0 aliphatic carbocycles. The number of rotatable bonds is 3. The van der Waals surface area contributed by atoms with Crippen molar-refractivity contribution in [2.45, 2.75) is 26.2 Å². The van der Waals surface area contributed by atoms with Gasteiger partial charge in [-0.2, -0.15) is 0 Å². The summed E-state index contributed by atoms with van der Waals surface area (Å²) >= 11 is 0. The van der Waals surface area contributed by atoms with Gasteiger partial charge in [0.2, 0.25) is 0 Å². The molecule has 0 N–H and O–H groups in total. The van der Waals surface area contributed by atoms with Crippen LogP contribution in [0.5, 0.6) is 0 Å². The predicted molar refractivity (Wildman–Crippen MR) is 174 cm³/mol. The van der Waals surface area contributed by atoms with E-state index in [4.69, 9.17) is 0 Å². The minimum Gasteiger partial charge on any atom is -0.0616 e. The van der Waals surface area contributed by atoms with Gasteiger partial charge in [0.25, 0.3) is 0 Å². The van der Waals surface area contributed by atoms with Gasteiger partial charge in [0.1, 0.15) is 0 Å². The molecular formula is C40H32. The molecular weight excluding hydrogens is 480 g/mol. The van der Waals surface area contributed by atoms with Crippen LogP contribution in [0.2, 0.25) is 0 Å².